The van der Waals surface area contributed by atoms with Crippen molar-refractivity contribution >= 4 is 40.1 Å². The van der Waals surface area contributed by atoms with E-state index in [9.17, 15) is 19.7 Å². The summed E-state index contributed by atoms with van der Waals surface area (Å²) in [5, 5.41) is 15.1. The number of ketones is 1. The highest BCUT2D eigenvalue weighted by Crippen LogP contribution is 2.37. The summed E-state index contributed by atoms with van der Waals surface area (Å²) in [5.41, 5.74) is 2.74. The van der Waals surface area contributed by atoms with Crippen molar-refractivity contribution in [2.75, 3.05) is 77.9 Å². The molecule has 5 aromatic rings. The van der Waals surface area contributed by atoms with Crippen LogP contribution in [0.15, 0.2) is 106 Å². The van der Waals surface area contributed by atoms with E-state index in [4.69, 9.17) is 14.2 Å². The molecule has 14 nitrogen and oxygen atoms in total. The van der Waals surface area contributed by atoms with E-state index >= 15 is 8.78 Å². The molecule has 2 aliphatic rings. The van der Waals surface area contributed by atoms with Gasteiger partial charge in [0.2, 0.25) is 0 Å². The van der Waals surface area contributed by atoms with Gasteiger partial charge >= 0.3 is 5.82 Å². The molecule has 0 unspecified atom stereocenters. The number of nitrogens with zero attached hydrogens (tertiary/aromatic N) is 6. The lowest BCUT2D eigenvalue weighted by molar-refractivity contribution is -0.880. The number of allylic oxidation sites excluding steroid dienone is 1. The number of likely N-dealkylation sites (N-methyl/N-ethyl adjacent to an activating group) is 1. The number of aromatic nitrogens is 2. The average Bonchev–Trinajstić information content (AvgIpc) is 3.71. The third-order valence-corrected chi connectivity index (χ3v) is 10.6. The molecule has 1 saturated heterocycles. The lowest BCUT2D eigenvalue weighted by atomic mass is 10.0. The zero-order chi connectivity index (χ0) is 43.3. The molecule has 2 aromatic heterocycles. The minimum absolute atomic E-state index is 0.0134. The fourth-order valence-corrected chi connectivity index (χ4v) is 7.59. The number of halogens is 2. The highest BCUT2D eigenvalue weighted by atomic mass is 19.1. The summed E-state index contributed by atoms with van der Waals surface area (Å²) in [6.07, 6.45) is 6.83. The number of pyridine rings is 2. The Hall–Kier alpha value is -6.78. The molecule has 1 fully saturated rings. The number of ether oxygens (including phenoxy) is 3. The number of carbonyl (C=O) groups is 1. The molecule has 7 rings (SSSR count). The molecule has 0 atom stereocenters. The van der Waals surface area contributed by atoms with Crippen LogP contribution in [0.5, 0.6) is 11.5 Å². The lowest BCUT2D eigenvalue weighted by Gasteiger charge is -2.28. The van der Waals surface area contributed by atoms with Crippen molar-refractivity contribution in [3.8, 4) is 22.6 Å². The number of aliphatic imine (C=N–C) groups is 1. The molecule has 0 radical (unpaired) electrons. The summed E-state index contributed by atoms with van der Waals surface area (Å²) in [6, 6.07) is 19.3. The van der Waals surface area contributed by atoms with Gasteiger partial charge in [0.05, 0.1) is 76.8 Å². The first-order chi connectivity index (χ1) is 29.3. The number of benzene rings is 3. The summed E-state index contributed by atoms with van der Waals surface area (Å²) in [7, 11) is 6.32. The second-order valence-electron chi connectivity index (χ2n) is 15.5. The van der Waals surface area contributed by atoms with Crippen LogP contribution in [-0.2, 0) is 22.5 Å². The van der Waals surface area contributed by atoms with E-state index in [1.165, 1.54) is 43.3 Å². The molecule has 0 bridgehead atoms. The summed E-state index contributed by atoms with van der Waals surface area (Å²) in [4.78, 5) is 49.3. The van der Waals surface area contributed by atoms with Gasteiger partial charge in [-0.3, -0.25) is 9.59 Å². The SMILES string of the molecule is COc1cc(OC)c(F)c(-c2cc3cnc(Nc4ccc(N5CCOCC5)cc4)cc3n(Cc3cccc(CC(=O)/C=C/C[N+](C)(C)CC4=C([N+](=O)[O-])N=CC4)c3)c2=O)c1F. The fraction of sp³-hybridized carbons (Fsp3) is 0.289. The van der Waals surface area contributed by atoms with Crippen LogP contribution in [-0.4, -0.2) is 98.7 Å². The van der Waals surface area contributed by atoms with Crippen LogP contribution in [0, 0.1) is 21.7 Å². The fourth-order valence-electron chi connectivity index (χ4n) is 7.59. The van der Waals surface area contributed by atoms with Gasteiger partial charge in [-0.1, -0.05) is 29.3 Å². The van der Waals surface area contributed by atoms with Crippen LogP contribution >= 0.6 is 0 Å². The number of fused-ring (bicyclic) bond motifs is 1. The van der Waals surface area contributed by atoms with Gasteiger partial charge in [-0.15, -0.1) is 0 Å². The third-order valence-electron chi connectivity index (χ3n) is 10.6. The predicted octanol–water partition coefficient (Wildman–Crippen LogP) is 6.69. The quantitative estimate of drug-likeness (QED) is 0.0493. The molecule has 316 valence electrons. The van der Waals surface area contributed by atoms with Crippen LogP contribution in [0.4, 0.5) is 26.0 Å². The number of morpholine rings is 1. The van der Waals surface area contributed by atoms with E-state index in [0.717, 1.165) is 30.5 Å². The zero-order valence-corrected chi connectivity index (χ0v) is 34.3. The molecule has 0 saturated carbocycles. The van der Waals surface area contributed by atoms with Crippen LogP contribution < -0.4 is 25.2 Å². The Balaban J connectivity index is 1.18. The van der Waals surface area contributed by atoms with Crippen molar-refractivity contribution in [2.45, 2.75) is 19.4 Å². The van der Waals surface area contributed by atoms with Gasteiger partial charge in [0.15, 0.2) is 28.9 Å². The van der Waals surface area contributed by atoms with Gasteiger partial charge in [-0.2, -0.15) is 0 Å². The minimum Gasteiger partial charge on any atom is -0.494 e. The van der Waals surface area contributed by atoms with Crippen molar-refractivity contribution in [1.82, 2.24) is 9.55 Å². The molecule has 0 spiro atoms. The van der Waals surface area contributed by atoms with Crippen LogP contribution in [0.25, 0.3) is 22.0 Å². The van der Waals surface area contributed by atoms with Crippen molar-refractivity contribution in [1.29, 1.82) is 0 Å². The third kappa shape index (κ3) is 9.66. The van der Waals surface area contributed by atoms with Crippen LogP contribution in [0.3, 0.4) is 0 Å². The van der Waals surface area contributed by atoms with Crippen molar-refractivity contribution in [3.63, 3.8) is 0 Å². The molecular formula is C45H46F2N7O7+. The normalized spacial score (nSPS) is 14.3. The smallest absolute Gasteiger partial charge is 0.368 e. The number of carbonyl (C=O) groups excluding carboxylic acids is 1. The zero-order valence-electron chi connectivity index (χ0n) is 34.3. The van der Waals surface area contributed by atoms with Crippen LogP contribution in [0.2, 0.25) is 0 Å². The Bertz CT molecular complexity index is 2610. The molecular weight excluding hydrogens is 789 g/mol. The Morgan fingerprint density at radius 3 is 2.39 bits per heavy atom. The highest BCUT2D eigenvalue weighted by Gasteiger charge is 2.29. The highest BCUT2D eigenvalue weighted by molar-refractivity contribution is 5.91. The molecule has 0 aliphatic carbocycles. The number of hydrogen-bond donors (Lipinski definition) is 1. The molecule has 1 N–H and O–H groups in total. The molecule has 2 aliphatic heterocycles. The van der Waals surface area contributed by atoms with Gasteiger partial charge < -0.3 is 43.6 Å². The molecule has 61 heavy (non-hydrogen) atoms. The van der Waals surface area contributed by atoms with E-state index in [1.54, 1.807) is 18.2 Å². The Kier molecular flexibility index (Phi) is 12.7. The average molecular weight is 835 g/mol. The second kappa shape index (κ2) is 18.2. The second-order valence-corrected chi connectivity index (χ2v) is 15.5. The summed E-state index contributed by atoms with van der Waals surface area (Å²) in [6.45, 7) is 3.79. The molecule has 3 aromatic carbocycles. The number of methoxy groups -OCH3 is 2. The van der Waals surface area contributed by atoms with Crippen molar-refractivity contribution < 1.29 is 37.2 Å². The van der Waals surface area contributed by atoms with Crippen LogP contribution in [0.1, 0.15) is 17.5 Å². The van der Waals surface area contributed by atoms with E-state index in [2.05, 4.69) is 20.2 Å². The Labute approximate surface area is 350 Å². The topological polar surface area (TPSA) is 150 Å². The summed E-state index contributed by atoms with van der Waals surface area (Å²) in [5.74, 6) is -2.55. The first kappa shape index (κ1) is 42.3. The standard InChI is InChI=1S/C45H45F2N7O7/c1-54(2,28-31-14-15-48-44(31)53(57)58)18-6-9-35(55)22-29-7-5-8-30(21-29)27-52-37-24-40(50-33-10-12-34(13-11-33)51-16-19-61-20-17-51)49-26-32(37)23-36(45(52)56)41-42(46)38(59-3)25-39(60-4)43(41)47/h5-13,15,21,23-26H,14,16-20,22,27-28H2,1-4H3/p+1/b9-6+. The van der Waals surface area contributed by atoms with E-state index in [0.29, 0.717) is 70.6 Å². The Morgan fingerprint density at radius 2 is 1.70 bits per heavy atom. The van der Waals surface area contributed by atoms with Gasteiger partial charge in [0, 0.05) is 61.0 Å². The molecule has 0 amide bonds. The largest absolute Gasteiger partial charge is 0.494 e. The Morgan fingerprint density at radius 1 is 1.00 bits per heavy atom. The number of quaternary nitrogens is 1. The van der Waals surface area contributed by atoms with Crippen molar-refractivity contribution in [3.05, 3.63) is 140 Å². The number of anilines is 3. The maximum absolute atomic E-state index is 15.9. The van der Waals surface area contributed by atoms with Gasteiger partial charge in [0.25, 0.3) is 5.56 Å². The first-order valence-electron chi connectivity index (χ1n) is 19.7. The molecule has 4 heterocycles. The summed E-state index contributed by atoms with van der Waals surface area (Å²) < 4.78 is 49.5. The van der Waals surface area contributed by atoms with Gasteiger partial charge in [-0.25, -0.2) is 13.8 Å². The van der Waals surface area contributed by atoms with E-state index in [1.807, 2.05) is 56.6 Å². The maximum Gasteiger partial charge on any atom is 0.368 e. The summed E-state index contributed by atoms with van der Waals surface area (Å²) >= 11 is 0. The first-order valence-corrected chi connectivity index (χ1v) is 19.7. The van der Waals surface area contributed by atoms with E-state index in [-0.39, 0.29) is 41.6 Å². The van der Waals surface area contributed by atoms with Gasteiger partial charge in [0.1, 0.15) is 18.6 Å². The minimum atomic E-state index is -1.06. The van der Waals surface area contributed by atoms with E-state index < -0.39 is 27.7 Å². The number of rotatable bonds is 16. The van der Waals surface area contributed by atoms with Crippen molar-refractivity contribution in [2.24, 2.45) is 4.99 Å². The van der Waals surface area contributed by atoms with Gasteiger partial charge in [-0.05, 0) is 58.5 Å². The maximum atomic E-state index is 15.9. The molecule has 16 heteroatoms. The number of nitrogens with one attached hydrogen (secondary N) is 1. The number of nitro groups is 1. The lowest BCUT2D eigenvalue weighted by Crippen LogP contribution is -2.41. The monoisotopic (exact) mass is 834 g/mol. The predicted molar refractivity (Wildman–Crippen MR) is 230 cm³/mol. The number of hydrogen-bond acceptors (Lipinski definition) is 11.